The van der Waals surface area contributed by atoms with E-state index in [0.29, 0.717) is 5.82 Å². The van der Waals surface area contributed by atoms with E-state index >= 15 is 0 Å². The van der Waals surface area contributed by atoms with Gasteiger partial charge in [0.15, 0.2) is 11.4 Å². The lowest BCUT2D eigenvalue weighted by Crippen LogP contribution is -1.95. The van der Waals surface area contributed by atoms with Crippen molar-refractivity contribution < 1.29 is 8.83 Å². The van der Waals surface area contributed by atoms with Crippen molar-refractivity contribution in [3.05, 3.63) is 200 Å². The van der Waals surface area contributed by atoms with Crippen LogP contribution in [0.2, 0.25) is 0 Å². The zero-order chi connectivity index (χ0) is 39.6. The monoisotopic (exact) mass is 767 g/mol. The molecule has 0 fully saturated rings. The van der Waals surface area contributed by atoms with Gasteiger partial charge in [-0.2, -0.15) is 0 Å². The normalized spacial score (nSPS) is 11.7. The number of benzene rings is 8. The number of hydrogen-bond donors (Lipinski definition) is 0. The third kappa shape index (κ3) is 5.59. The van der Waals surface area contributed by atoms with Crippen molar-refractivity contribution in [2.24, 2.45) is 0 Å². The predicted molar refractivity (Wildman–Crippen MR) is 245 cm³/mol. The Morgan fingerprint density at radius 3 is 1.48 bits per heavy atom. The molecule has 5 heteroatoms. The second kappa shape index (κ2) is 13.8. The summed E-state index contributed by atoms with van der Waals surface area (Å²) in [5, 5.41) is 5.34. The van der Waals surface area contributed by atoms with Crippen molar-refractivity contribution in [1.82, 2.24) is 15.0 Å². The minimum atomic E-state index is 0.685. The van der Waals surface area contributed by atoms with E-state index in [-0.39, 0.29) is 0 Å². The molecule has 280 valence electrons. The summed E-state index contributed by atoms with van der Waals surface area (Å²) in [6, 6.07) is 68.9. The van der Waals surface area contributed by atoms with Crippen LogP contribution in [0.1, 0.15) is 0 Å². The highest BCUT2D eigenvalue weighted by Crippen LogP contribution is 2.44. The fourth-order valence-corrected chi connectivity index (χ4v) is 8.60. The van der Waals surface area contributed by atoms with Crippen LogP contribution in [0.15, 0.2) is 209 Å². The van der Waals surface area contributed by atoms with Crippen molar-refractivity contribution >= 4 is 54.8 Å². The lowest BCUT2D eigenvalue weighted by atomic mass is 9.96. The summed E-state index contributed by atoms with van der Waals surface area (Å²) in [5.74, 6) is 0.685. The summed E-state index contributed by atoms with van der Waals surface area (Å²) in [4.78, 5) is 15.5. The minimum Gasteiger partial charge on any atom is -0.455 e. The van der Waals surface area contributed by atoms with E-state index in [9.17, 15) is 0 Å². The van der Waals surface area contributed by atoms with Gasteiger partial charge in [-0.3, -0.25) is 0 Å². The Kier molecular flexibility index (Phi) is 7.78. The van der Waals surface area contributed by atoms with Gasteiger partial charge < -0.3 is 8.83 Å². The van der Waals surface area contributed by atoms with Gasteiger partial charge in [0.1, 0.15) is 22.4 Å². The first-order valence-corrected chi connectivity index (χ1v) is 20.1. The first-order valence-electron chi connectivity index (χ1n) is 20.1. The summed E-state index contributed by atoms with van der Waals surface area (Å²) in [6.45, 7) is 0. The molecule has 60 heavy (non-hydrogen) atoms. The molecule has 0 N–H and O–H groups in total. The number of para-hydroxylation sites is 4. The molecule has 0 radical (unpaired) electrons. The van der Waals surface area contributed by atoms with Crippen LogP contribution in [0.3, 0.4) is 0 Å². The Balaban J connectivity index is 0.955. The van der Waals surface area contributed by atoms with Crippen LogP contribution in [-0.4, -0.2) is 15.0 Å². The number of rotatable bonds is 6. The number of fused-ring (bicyclic) bond motifs is 8. The zero-order valence-electron chi connectivity index (χ0n) is 32.2. The van der Waals surface area contributed by atoms with E-state index < -0.39 is 0 Å². The molecule has 0 amide bonds. The Morgan fingerprint density at radius 1 is 0.317 bits per heavy atom. The topological polar surface area (TPSA) is 65.0 Å². The van der Waals surface area contributed by atoms with Crippen molar-refractivity contribution in [2.75, 3.05) is 0 Å². The van der Waals surface area contributed by atoms with E-state index in [1.807, 2.05) is 60.7 Å². The van der Waals surface area contributed by atoms with E-state index in [2.05, 4.69) is 140 Å². The average Bonchev–Trinajstić information content (AvgIpc) is 3.91. The van der Waals surface area contributed by atoms with Gasteiger partial charge in [-0.15, -0.1) is 0 Å². The molecule has 0 atom stereocenters. The lowest BCUT2D eigenvalue weighted by molar-refractivity contribution is 0.669. The molecule has 0 saturated carbocycles. The quantitative estimate of drug-likeness (QED) is 0.169. The molecule has 0 aliphatic rings. The van der Waals surface area contributed by atoms with Gasteiger partial charge in [-0.25, -0.2) is 15.0 Å². The van der Waals surface area contributed by atoms with Crippen molar-refractivity contribution in [1.29, 1.82) is 0 Å². The number of aromatic nitrogens is 3. The first kappa shape index (κ1) is 33.9. The number of hydrogen-bond acceptors (Lipinski definition) is 5. The fraction of sp³-hybridized carbons (Fsp3) is 0. The van der Waals surface area contributed by atoms with Crippen molar-refractivity contribution in [3.63, 3.8) is 0 Å². The van der Waals surface area contributed by atoms with E-state index in [4.69, 9.17) is 23.8 Å². The molecule has 4 aromatic heterocycles. The lowest BCUT2D eigenvalue weighted by Gasteiger charge is -2.12. The summed E-state index contributed by atoms with van der Waals surface area (Å²) in [5.41, 5.74) is 15.0. The molecule has 4 heterocycles. The van der Waals surface area contributed by atoms with Gasteiger partial charge in [0.2, 0.25) is 0 Å². The molecule has 0 unspecified atom stereocenters. The third-order valence-electron chi connectivity index (χ3n) is 11.5. The molecular formula is C55H33N3O2. The van der Waals surface area contributed by atoms with E-state index in [1.165, 1.54) is 0 Å². The maximum Gasteiger partial charge on any atom is 0.162 e. The van der Waals surface area contributed by atoms with Crippen molar-refractivity contribution in [2.45, 2.75) is 0 Å². The Bertz CT molecular complexity index is 3510. The number of nitrogens with zero attached hydrogens (tertiary/aromatic N) is 3. The molecule has 0 saturated heterocycles. The zero-order valence-corrected chi connectivity index (χ0v) is 32.2. The maximum atomic E-state index is 6.65. The standard InChI is InChI=1S/C55H33N3O2/c1-3-13-36(14-4-1)46-33-47(37-15-5-2-6-16-37)57-55(56-46)39-31-27-35(28-32-39)34-25-29-38(30-26-34)51-54-50(44-18-8-10-24-49(44)60-54)45-22-11-19-41(52(45)58-51)43-21-12-20-42-40-17-7-9-23-48(40)59-53(42)43/h1-33H. The third-order valence-corrected chi connectivity index (χ3v) is 11.5. The Labute approximate surface area is 344 Å². The van der Waals surface area contributed by atoms with Gasteiger partial charge in [-0.1, -0.05) is 182 Å². The highest BCUT2D eigenvalue weighted by Gasteiger charge is 2.21. The smallest absolute Gasteiger partial charge is 0.162 e. The van der Waals surface area contributed by atoms with Crippen LogP contribution in [0, 0.1) is 0 Å². The highest BCUT2D eigenvalue weighted by molar-refractivity contribution is 6.23. The summed E-state index contributed by atoms with van der Waals surface area (Å²) in [7, 11) is 0. The molecule has 5 nitrogen and oxygen atoms in total. The molecule has 12 rings (SSSR count). The Morgan fingerprint density at radius 2 is 0.817 bits per heavy atom. The molecule has 8 aromatic carbocycles. The first-order chi connectivity index (χ1) is 29.7. The van der Waals surface area contributed by atoms with Crippen LogP contribution in [0.25, 0.3) is 122 Å². The highest BCUT2D eigenvalue weighted by atomic mass is 16.3. The largest absolute Gasteiger partial charge is 0.455 e. The van der Waals surface area contributed by atoms with Crippen LogP contribution in [0.4, 0.5) is 0 Å². The van der Waals surface area contributed by atoms with Crippen molar-refractivity contribution in [3.8, 4) is 67.4 Å². The van der Waals surface area contributed by atoms with Gasteiger partial charge in [-0.05, 0) is 29.3 Å². The van der Waals surface area contributed by atoms with Crippen LogP contribution < -0.4 is 0 Å². The molecule has 0 aliphatic heterocycles. The van der Waals surface area contributed by atoms with Gasteiger partial charge in [0.05, 0.1) is 16.9 Å². The summed E-state index contributed by atoms with van der Waals surface area (Å²) < 4.78 is 13.2. The SMILES string of the molecule is c1ccc(-c2cc(-c3ccccc3)nc(-c3ccc(-c4ccc(-c5nc6c(-c7cccc8c7oc7ccccc78)cccc6c6c5oc5ccccc56)cc4)cc3)n2)cc1. The average molecular weight is 768 g/mol. The Hall–Kier alpha value is -8.15. The van der Waals surface area contributed by atoms with Crippen LogP contribution >= 0.6 is 0 Å². The second-order valence-electron chi connectivity index (χ2n) is 15.1. The van der Waals surface area contributed by atoms with Gasteiger partial charge in [0, 0.05) is 60.3 Å². The molecule has 0 aliphatic carbocycles. The van der Waals surface area contributed by atoms with Crippen LogP contribution in [-0.2, 0) is 0 Å². The fourth-order valence-electron chi connectivity index (χ4n) is 8.60. The van der Waals surface area contributed by atoms with Gasteiger partial charge in [0.25, 0.3) is 0 Å². The summed E-state index contributed by atoms with van der Waals surface area (Å²) >= 11 is 0. The number of furan rings is 2. The summed E-state index contributed by atoms with van der Waals surface area (Å²) in [6.07, 6.45) is 0. The molecule has 0 bridgehead atoms. The van der Waals surface area contributed by atoms with E-state index in [0.717, 1.165) is 116 Å². The number of pyridine rings is 1. The predicted octanol–water partition coefficient (Wildman–Crippen LogP) is 14.8. The molecular weight excluding hydrogens is 735 g/mol. The maximum absolute atomic E-state index is 6.65. The molecule has 0 spiro atoms. The molecule has 12 aromatic rings. The second-order valence-corrected chi connectivity index (χ2v) is 15.1. The van der Waals surface area contributed by atoms with E-state index in [1.54, 1.807) is 0 Å². The van der Waals surface area contributed by atoms with Crippen LogP contribution in [0.5, 0.6) is 0 Å². The minimum absolute atomic E-state index is 0.685. The van der Waals surface area contributed by atoms with Gasteiger partial charge >= 0.3 is 0 Å².